The lowest BCUT2D eigenvalue weighted by Crippen LogP contribution is -2.31. The molecule has 1 aromatic rings. The number of fused-ring (bicyclic) bond motifs is 1. The molecule has 0 aromatic heterocycles. The fraction of sp³-hybridized carbons (Fsp3) is 0.429. The van der Waals surface area contributed by atoms with Gasteiger partial charge in [0.25, 0.3) is 0 Å². The van der Waals surface area contributed by atoms with Gasteiger partial charge >= 0.3 is 5.97 Å². The first-order valence-corrected chi connectivity index (χ1v) is 6.33. The number of carbonyl (C=O) groups excluding carboxylic acids is 1. The first-order valence-electron chi connectivity index (χ1n) is 6.33. The first kappa shape index (κ1) is 13.5. The fourth-order valence-electron chi connectivity index (χ4n) is 2.44. The molecule has 1 aliphatic heterocycles. The summed E-state index contributed by atoms with van der Waals surface area (Å²) in [7, 11) is 1.77. The molecule has 0 bridgehead atoms. The van der Waals surface area contributed by atoms with Crippen LogP contribution < -0.4 is 10.6 Å². The second-order valence-corrected chi connectivity index (χ2v) is 4.98. The predicted molar refractivity (Wildman–Crippen MR) is 72.1 cm³/mol. The summed E-state index contributed by atoms with van der Waals surface area (Å²) < 4.78 is 0. The average Bonchev–Trinajstić information content (AvgIpc) is 2.33. The van der Waals surface area contributed by atoms with Crippen molar-refractivity contribution in [3.05, 3.63) is 29.3 Å². The van der Waals surface area contributed by atoms with E-state index < -0.39 is 5.97 Å². The molecule has 0 saturated carbocycles. The van der Waals surface area contributed by atoms with Crippen LogP contribution in [0.25, 0.3) is 0 Å². The Hall–Kier alpha value is -1.88. The average molecular weight is 262 g/mol. The molecular weight excluding hydrogens is 244 g/mol. The number of benzene rings is 1. The molecule has 1 amide bonds. The summed E-state index contributed by atoms with van der Waals surface area (Å²) in [6.07, 6.45) is 1.77. The van der Waals surface area contributed by atoms with Crippen molar-refractivity contribution in [2.45, 2.75) is 31.7 Å². The maximum atomic E-state index is 11.6. The maximum Gasteiger partial charge on any atom is 0.304 e. The highest BCUT2D eigenvalue weighted by Crippen LogP contribution is 2.27. The Kier molecular flexibility index (Phi) is 3.85. The van der Waals surface area contributed by atoms with Crippen molar-refractivity contribution < 1.29 is 14.7 Å². The summed E-state index contributed by atoms with van der Waals surface area (Å²) in [4.78, 5) is 23.8. The molecule has 1 heterocycles. The van der Waals surface area contributed by atoms with E-state index in [2.05, 4.69) is 0 Å². The number of carbonyl (C=O) groups is 2. The molecule has 0 radical (unpaired) electrons. The monoisotopic (exact) mass is 262 g/mol. The van der Waals surface area contributed by atoms with Gasteiger partial charge in [-0.05, 0) is 30.0 Å². The van der Waals surface area contributed by atoms with Gasteiger partial charge < -0.3 is 15.7 Å². The zero-order valence-corrected chi connectivity index (χ0v) is 10.9. The molecule has 0 fully saturated rings. The van der Waals surface area contributed by atoms with Crippen molar-refractivity contribution in [2.75, 3.05) is 11.9 Å². The zero-order chi connectivity index (χ0) is 14.0. The number of aryl methyl sites for hydroxylation is 1. The normalized spacial score (nSPS) is 16.1. The predicted octanol–water partition coefficient (Wildman–Crippen LogP) is 0.940. The van der Waals surface area contributed by atoms with E-state index in [0.717, 1.165) is 23.2 Å². The third kappa shape index (κ3) is 3.12. The van der Waals surface area contributed by atoms with Gasteiger partial charge in [0.1, 0.15) is 0 Å². The lowest BCUT2D eigenvalue weighted by molar-refractivity contribution is -0.137. The van der Waals surface area contributed by atoms with Crippen LogP contribution in [0.2, 0.25) is 0 Å². The summed E-state index contributed by atoms with van der Waals surface area (Å²) in [5, 5.41) is 8.69. The van der Waals surface area contributed by atoms with E-state index >= 15 is 0 Å². The molecule has 0 saturated heterocycles. The van der Waals surface area contributed by atoms with Gasteiger partial charge in [0.15, 0.2) is 0 Å². The number of carboxylic acids is 1. The van der Waals surface area contributed by atoms with E-state index in [1.807, 2.05) is 18.2 Å². The van der Waals surface area contributed by atoms with E-state index in [1.165, 1.54) is 0 Å². The molecule has 2 rings (SSSR count). The molecule has 1 aliphatic rings. The van der Waals surface area contributed by atoms with E-state index in [1.54, 1.807) is 11.9 Å². The Morgan fingerprint density at radius 2 is 2.21 bits per heavy atom. The number of aliphatic carboxylic acids is 1. The van der Waals surface area contributed by atoms with Crippen LogP contribution in [0.5, 0.6) is 0 Å². The molecule has 1 aromatic carbocycles. The Balaban J connectivity index is 2.13. The van der Waals surface area contributed by atoms with Crippen molar-refractivity contribution in [2.24, 2.45) is 5.73 Å². The minimum atomic E-state index is -0.879. The van der Waals surface area contributed by atoms with E-state index in [9.17, 15) is 9.59 Å². The number of hydrogen-bond donors (Lipinski definition) is 2. The van der Waals surface area contributed by atoms with Crippen molar-refractivity contribution in [1.82, 2.24) is 0 Å². The van der Waals surface area contributed by atoms with E-state index in [0.29, 0.717) is 12.8 Å². The molecule has 5 nitrogen and oxygen atoms in total. The Labute approximate surface area is 112 Å². The molecule has 102 valence electrons. The second kappa shape index (κ2) is 5.40. The molecule has 3 N–H and O–H groups in total. The van der Waals surface area contributed by atoms with Gasteiger partial charge in [0.2, 0.25) is 5.91 Å². The van der Waals surface area contributed by atoms with Crippen LogP contribution >= 0.6 is 0 Å². The van der Waals surface area contributed by atoms with Crippen molar-refractivity contribution >= 4 is 17.6 Å². The summed E-state index contributed by atoms with van der Waals surface area (Å²) in [5.41, 5.74) is 8.87. The van der Waals surface area contributed by atoms with Crippen molar-refractivity contribution in [1.29, 1.82) is 0 Å². The molecule has 1 unspecified atom stereocenters. The number of nitrogens with two attached hydrogens (primary N) is 1. The highest BCUT2D eigenvalue weighted by Gasteiger charge is 2.21. The number of amides is 1. The molecule has 19 heavy (non-hydrogen) atoms. The Morgan fingerprint density at radius 3 is 2.89 bits per heavy atom. The Morgan fingerprint density at radius 1 is 1.47 bits per heavy atom. The van der Waals surface area contributed by atoms with Gasteiger partial charge in [-0.3, -0.25) is 9.59 Å². The number of carboxylic acid groups (broad SMARTS) is 1. The summed E-state index contributed by atoms with van der Waals surface area (Å²) in [6, 6.07) is 5.48. The van der Waals surface area contributed by atoms with Crippen LogP contribution in [0, 0.1) is 0 Å². The SMILES string of the molecule is CN1C(=O)CCc2cc(CC(N)CC(=O)O)ccc21. The molecule has 1 atom stereocenters. The van der Waals surface area contributed by atoms with Gasteiger partial charge in [-0.1, -0.05) is 12.1 Å². The number of anilines is 1. The highest BCUT2D eigenvalue weighted by molar-refractivity contribution is 5.95. The maximum absolute atomic E-state index is 11.6. The number of nitrogens with zero attached hydrogens (tertiary/aromatic N) is 1. The van der Waals surface area contributed by atoms with Crippen LogP contribution in [-0.4, -0.2) is 30.1 Å². The molecule has 0 aliphatic carbocycles. The zero-order valence-electron chi connectivity index (χ0n) is 10.9. The van der Waals surface area contributed by atoms with Crippen LogP contribution in [0.4, 0.5) is 5.69 Å². The number of hydrogen-bond acceptors (Lipinski definition) is 3. The largest absolute Gasteiger partial charge is 0.481 e. The van der Waals surface area contributed by atoms with Crippen LogP contribution in [-0.2, 0) is 22.4 Å². The standard InChI is InChI=1S/C14H18N2O3/c1-16-12-4-2-9(7-11(15)8-14(18)19)6-10(12)3-5-13(16)17/h2,4,6,11H,3,5,7-8,15H2,1H3,(H,18,19). The molecule has 0 spiro atoms. The third-order valence-electron chi connectivity index (χ3n) is 3.42. The molecule has 5 heteroatoms. The lowest BCUT2D eigenvalue weighted by Gasteiger charge is -2.26. The topological polar surface area (TPSA) is 83.6 Å². The van der Waals surface area contributed by atoms with Crippen molar-refractivity contribution in [3.8, 4) is 0 Å². The first-order chi connectivity index (χ1) is 8.97. The highest BCUT2D eigenvalue weighted by atomic mass is 16.4. The van der Waals surface area contributed by atoms with Gasteiger partial charge in [-0.2, -0.15) is 0 Å². The van der Waals surface area contributed by atoms with Gasteiger partial charge in [-0.15, -0.1) is 0 Å². The van der Waals surface area contributed by atoms with Gasteiger partial charge in [-0.25, -0.2) is 0 Å². The third-order valence-corrected chi connectivity index (χ3v) is 3.42. The van der Waals surface area contributed by atoms with Gasteiger partial charge in [0.05, 0.1) is 6.42 Å². The van der Waals surface area contributed by atoms with E-state index in [-0.39, 0.29) is 18.4 Å². The minimum absolute atomic E-state index is 0.0323. The lowest BCUT2D eigenvalue weighted by atomic mass is 9.96. The minimum Gasteiger partial charge on any atom is -0.481 e. The molecular formula is C14H18N2O3. The smallest absolute Gasteiger partial charge is 0.304 e. The van der Waals surface area contributed by atoms with Crippen LogP contribution in [0.15, 0.2) is 18.2 Å². The van der Waals surface area contributed by atoms with Crippen LogP contribution in [0.1, 0.15) is 24.0 Å². The van der Waals surface area contributed by atoms with E-state index in [4.69, 9.17) is 10.8 Å². The van der Waals surface area contributed by atoms with Gasteiger partial charge in [0, 0.05) is 25.2 Å². The van der Waals surface area contributed by atoms with Crippen LogP contribution in [0.3, 0.4) is 0 Å². The second-order valence-electron chi connectivity index (χ2n) is 4.98. The summed E-state index contributed by atoms with van der Waals surface area (Å²) in [5.74, 6) is -0.751. The number of rotatable bonds is 4. The summed E-state index contributed by atoms with van der Waals surface area (Å²) >= 11 is 0. The Bertz CT molecular complexity index is 513. The quantitative estimate of drug-likeness (QED) is 0.846. The van der Waals surface area contributed by atoms with Crippen molar-refractivity contribution in [3.63, 3.8) is 0 Å². The summed E-state index contributed by atoms with van der Waals surface area (Å²) in [6.45, 7) is 0. The fourth-order valence-corrected chi connectivity index (χ4v) is 2.44.